The maximum absolute atomic E-state index is 12.5. The third-order valence-corrected chi connectivity index (χ3v) is 17.1. The highest BCUT2D eigenvalue weighted by Gasteiger charge is 2.20. The van der Waals surface area contributed by atoms with Crippen LogP contribution in [0.3, 0.4) is 0 Å². The van der Waals surface area contributed by atoms with Crippen molar-refractivity contribution in [2.45, 2.75) is 411 Å². The number of aliphatic hydroxyl groups excluding tert-OH is 2. The van der Waals surface area contributed by atoms with E-state index >= 15 is 0 Å². The number of esters is 1. The van der Waals surface area contributed by atoms with Crippen LogP contribution in [-0.2, 0) is 14.3 Å². The maximum atomic E-state index is 12.5. The van der Waals surface area contributed by atoms with Crippen LogP contribution < -0.4 is 5.32 Å². The molecule has 2 atom stereocenters. The van der Waals surface area contributed by atoms with Gasteiger partial charge in [-0.3, -0.25) is 9.59 Å². The summed E-state index contributed by atoms with van der Waals surface area (Å²) >= 11 is 0. The summed E-state index contributed by atoms with van der Waals surface area (Å²) in [5, 5.41) is 23.4. The van der Waals surface area contributed by atoms with Gasteiger partial charge in [-0.2, -0.15) is 0 Å². The van der Waals surface area contributed by atoms with Crippen LogP contribution in [-0.4, -0.2) is 47.4 Å². The summed E-state index contributed by atoms with van der Waals surface area (Å²) in [6, 6.07) is -0.541. The molecular weight excluding hydrogens is 1010 g/mol. The average molecular weight is 1150 g/mol. The monoisotopic (exact) mass is 1150 g/mol. The summed E-state index contributed by atoms with van der Waals surface area (Å²) in [7, 11) is 0. The lowest BCUT2D eigenvalue weighted by Gasteiger charge is -2.22. The number of unbranched alkanes of at least 4 members (excludes halogenated alkanes) is 50. The highest BCUT2D eigenvalue weighted by Crippen LogP contribution is 2.19. The molecule has 0 heterocycles. The predicted octanol–water partition coefficient (Wildman–Crippen LogP) is 24.0. The standard InChI is InChI=1S/C76H143NO5/c1-3-5-7-9-11-13-15-17-19-40-44-48-52-56-60-64-68-74(79)73(72-78)77-75(80)69-65-61-57-53-49-45-41-38-36-34-32-30-28-26-24-22-21-23-25-27-29-31-33-35-37-39-43-47-51-55-59-63-67-71-82-76(81)70-66-62-58-54-50-46-42-20-18-16-14-12-10-8-6-4-2/h14,16,20,25,27,31,33,42,73-74,78-79H,3-13,15,17-19,21-24,26,28-30,32,34-41,43-72H2,1-2H3,(H,77,80)/b16-14-,27-25-,33-31-,42-20-. The molecule has 0 saturated carbocycles. The zero-order valence-electron chi connectivity index (χ0n) is 55.2. The molecule has 482 valence electrons. The third-order valence-electron chi connectivity index (χ3n) is 17.1. The average Bonchev–Trinajstić information content (AvgIpc) is 3.48. The van der Waals surface area contributed by atoms with Gasteiger partial charge in [0.15, 0.2) is 0 Å². The molecule has 6 nitrogen and oxygen atoms in total. The first-order valence-electron chi connectivity index (χ1n) is 36.9. The minimum Gasteiger partial charge on any atom is -0.466 e. The summed E-state index contributed by atoms with van der Waals surface area (Å²) in [5.74, 6) is -0.0294. The summed E-state index contributed by atoms with van der Waals surface area (Å²) < 4.78 is 5.49. The van der Waals surface area contributed by atoms with E-state index in [0.717, 1.165) is 57.8 Å². The van der Waals surface area contributed by atoms with Crippen LogP contribution in [0.4, 0.5) is 0 Å². The predicted molar refractivity (Wildman–Crippen MR) is 361 cm³/mol. The minimum absolute atomic E-state index is 0.000896. The lowest BCUT2D eigenvalue weighted by Crippen LogP contribution is -2.45. The SMILES string of the molecule is CCCCCC/C=C\C/C=C\CCCCCCCC(=O)OCCCCCCCCCCC/C=C\C/C=C\CCCCCCCCCCCCCCCCCCCC(=O)NC(CO)C(O)CCCCCCCCCCCCCCCCCC. The number of nitrogens with one attached hydrogen (secondary N) is 1. The second-order valence-electron chi connectivity index (χ2n) is 25.3. The highest BCUT2D eigenvalue weighted by molar-refractivity contribution is 5.76. The molecule has 0 bridgehead atoms. The topological polar surface area (TPSA) is 95.9 Å². The number of hydrogen-bond acceptors (Lipinski definition) is 5. The second kappa shape index (κ2) is 71.3. The van der Waals surface area contributed by atoms with E-state index in [4.69, 9.17) is 4.74 Å². The first kappa shape index (κ1) is 79.8. The normalized spacial score (nSPS) is 12.8. The molecule has 1 amide bonds. The van der Waals surface area contributed by atoms with Crippen molar-refractivity contribution in [3.05, 3.63) is 48.6 Å². The fraction of sp³-hybridized carbons (Fsp3) is 0.868. The molecule has 0 spiro atoms. The van der Waals surface area contributed by atoms with E-state index in [-0.39, 0.29) is 18.5 Å². The second-order valence-corrected chi connectivity index (χ2v) is 25.3. The summed E-state index contributed by atoms with van der Waals surface area (Å²) in [4.78, 5) is 24.6. The molecule has 0 rings (SSSR count). The largest absolute Gasteiger partial charge is 0.466 e. The Morgan fingerprint density at radius 1 is 0.341 bits per heavy atom. The van der Waals surface area contributed by atoms with Gasteiger partial charge in [0.1, 0.15) is 0 Å². The molecule has 0 aromatic heterocycles. The van der Waals surface area contributed by atoms with E-state index in [2.05, 4.69) is 67.8 Å². The Hall–Kier alpha value is -2.18. The van der Waals surface area contributed by atoms with Crippen LogP contribution in [0.25, 0.3) is 0 Å². The van der Waals surface area contributed by atoms with Gasteiger partial charge in [-0.05, 0) is 89.9 Å². The number of carbonyl (C=O) groups is 2. The third kappa shape index (κ3) is 67.0. The number of amides is 1. The van der Waals surface area contributed by atoms with Crippen molar-refractivity contribution >= 4 is 11.9 Å². The fourth-order valence-corrected chi connectivity index (χ4v) is 11.5. The molecule has 0 radical (unpaired) electrons. The van der Waals surface area contributed by atoms with Gasteiger partial charge in [-0.15, -0.1) is 0 Å². The Balaban J connectivity index is 3.38. The first-order valence-corrected chi connectivity index (χ1v) is 36.9. The molecule has 82 heavy (non-hydrogen) atoms. The van der Waals surface area contributed by atoms with Gasteiger partial charge in [0, 0.05) is 12.8 Å². The highest BCUT2D eigenvalue weighted by atomic mass is 16.5. The Labute approximate surface area is 512 Å². The van der Waals surface area contributed by atoms with E-state index in [9.17, 15) is 19.8 Å². The van der Waals surface area contributed by atoms with Gasteiger partial charge in [-0.25, -0.2) is 0 Å². The van der Waals surface area contributed by atoms with Crippen LogP contribution in [0.1, 0.15) is 399 Å². The number of hydrogen-bond donors (Lipinski definition) is 3. The molecule has 0 aliphatic heterocycles. The molecule has 0 fully saturated rings. The number of allylic oxidation sites excluding steroid dienone is 8. The Bertz CT molecular complexity index is 1370. The Morgan fingerprint density at radius 2 is 0.610 bits per heavy atom. The quantitative estimate of drug-likeness (QED) is 0.0320. The van der Waals surface area contributed by atoms with Crippen molar-refractivity contribution in [2.75, 3.05) is 13.2 Å². The molecule has 0 aromatic carbocycles. The van der Waals surface area contributed by atoms with Crippen molar-refractivity contribution in [1.29, 1.82) is 0 Å². The fourth-order valence-electron chi connectivity index (χ4n) is 11.5. The maximum Gasteiger partial charge on any atom is 0.305 e. The van der Waals surface area contributed by atoms with E-state index in [1.165, 1.54) is 308 Å². The molecule has 0 aliphatic rings. The van der Waals surface area contributed by atoms with Gasteiger partial charge in [0.25, 0.3) is 0 Å². The zero-order valence-corrected chi connectivity index (χ0v) is 55.2. The number of carbonyl (C=O) groups excluding carboxylic acids is 2. The van der Waals surface area contributed by atoms with Crippen LogP contribution in [0, 0.1) is 0 Å². The van der Waals surface area contributed by atoms with Gasteiger partial charge in [0.2, 0.25) is 5.91 Å². The van der Waals surface area contributed by atoms with E-state index in [1.807, 2.05) is 0 Å². The molecule has 2 unspecified atom stereocenters. The molecule has 3 N–H and O–H groups in total. The number of rotatable bonds is 69. The van der Waals surface area contributed by atoms with E-state index in [0.29, 0.717) is 25.9 Å². The lowest BCUT2D eigenvalue weighted by atomic mass is 10.0. The van der Waals surface area contributed by atoms with Crippen LogP contribution in [0.2, 0.25) is 0 Å². The molecular formula is C76H143NO5. The number of ether oxygens (including phenoxy) is 1. The molecule has 0 aromatic rings. The van der Waals surface area contributed by atoms with Crippen LogP contribution in [0.5, 0.6) is 0 Å². The van der Waals surface area contributed by atoms with Gasteiger partial charge in [-0.1, -0.05) is 345 Å². The van der Waals surface area contributed by atoms with Crippen molar-refractivity contribution < 1.29 is 24.5 Å². The Kier molecular flexibility index (Phi) is 69.4. The van der Waals surface area contributed by atoms with Crippen molar-refractivity contribution in [3.8, 4) is 0 Å². The molecule has 0 aliphatic carbocycles. The number of aliphatic hydroxyl groups is 2. The van der Waals surface area contributed by atoms with Crippen LogP contribution >= 0.6 is 0 Å². The van der Waals surface area contributed by atoms with E-state index in [1.54, 1.807) is 0 Å². The van der Waals surface area contributed by atoms with Crippen molar-refractivity contribution in [1.82, 2.24) is 5.32 Å². The van der Waals surface area contributed by atoms with E-state index < -0.39 is 12.1 Å². The summed E-state index contributed by atoms with van der Waals surface area (Å²) in [6.45, 7) is 4.96. The first-order chi connectivity index (χ1) is 40.5. The minimum atomic E-state index is -0.664. The smallest absolute Gasteiger partial charge is 0.305 e. The zero-order chi connectivity index (χ0) is 59.2. The summed E-state index contributed by atoms with van der Waals surface area (Å²) in [5.41, 5.74) is 0. The summed E-state index contributed by atoms with van der Waals surface area (Å²) in [6.07, 6.45) is 93.2. The Morgan fingerprint density at radius 3 is 0.939 bits per heavy atom. The van der Waals surface area contributed by atoms with Crippen molar-refractivity contribution in [2.24, 2.45) is 0 Å². The van der Waals surface area contributed by atoms with Gasteiger partial charge in [0.05, 0.1) is 25.4 Å². The molecule has 6 heteroatoms. The lowest BCUT2D eigenvalue weighted by molar-refractivity contribution is -0.143. The molecule has 0 saturated heterocycles. The van der Waals surface area contributed by atoms with Gasteiger partial charge >= 0.3 is 5.97 Å². The van der Waals surface area contributed by atoms with Crippen LogP contribution in [0.15, 0.2) is 48.6 Å². The van der Waals surface area contributed by atoms with Gasteiger partial charge < -0.3 is 20.3 Å². The van der Waals surface area contributed by atoms with Crippen molar-refractivity contribution in [3.63, 3.8) is 0 Å².